The molecule has 0 N–H and O–H groups in total. The molecule has 0 radical (unpaired) electrons. The summed E-state index contributed by atoms with van der Waals surface area (Å²) in [7, 11) is -2.04. The van der Waals surface area contributed by atoms with Gasteiger partial charge < -0.3 is 9.64 Å². The van der Waals surface area contributed by atoms with Crippen LogP contribution in [0.4, 0.5) is 5.69 Å². The van der Waals surface area contributed by atoms with E-state index < -0.39 is 15.2 Å². The Morgan fingerprint density at radius 1 is 1.05 bits per heavy atom. The van der Waals surface area contributed by atoms with Crippen molar-refractivity contribution in [3.05, 3.63) is 65.9 Å². The number of benzene rings is 2. The van der Waals surface area contributed by atoms with E-state index in [1.54, 1.807) is 37.7 Å². The second-order valence-corrected chi connectivity index (χ2v) is 14.1. The van der Waals surface area contributed by atoms with Gasteiger partial charge in [-0.2, -0.15) is 0 Å². The predicted molar refractivity (Wildman–Crippen MR) is 149 cm³/mol. The summed E-state index contributed by atoms with van der Waals surface area (Å²) in [4.78, 5) is 19.6. The number of halogens is 1. The van der Waals surface area contributed by atoms with E-state index in [1.807, 2.05) is 35.2 Å². The molecule has 4 atom stereocenters. The van der Waals surface area contributed by atoms with Gasteiger partial charge in [0.25, 0.3) is 0 Å². The van der Waals surface area contributed by atoms with Crippen LogP contribution >= 0.6 is 11.6 Å². The third-order valence-electron chi connectivity index (χ3n) is 9.31. The summed E-state index contributed by atoms with van der Waals surface area (Å²) in [6, 6.07) is 14.5. The van der Waals surface area contributed by atoms with Gasteiger partial charge in [0.05, 0.1) is 11.5 Å². The molecule has 1 spiro atoms. The fourth-order valence-electron chi connectivity index (χ4n) is 7.68. The van der Waals surface area contributed by atoms with E-state index in [0.717, 1.165) is 48.6 Å². The molecule has 38 heavy (non-hydrogen) atoms. The maximum absolute atomic E-state index is 14.4. The zero-order valence-corrected chi connectivity index (χ0v) is 23.2. The van der Waals surface area contributed by atoms with Gasteiger partial charge in [-0.05, 0) is 91.1 Å². The lowest BCUT2D eigenvalue weighted by Crippen LogP contribution is -2.51. The molecule has 1 aromatic heterocycles. The van der Waals surface area contributed by atoms with Gasteiger partial charge in [-0.15, -0.1) is 0 Å². The van der Waals surface area contributed by atoms with E-state index in [-0.39, 0.29) is 16.7 Å². The van der Waals surface area contributed by atoms with Gasteiger partial charge in [0, 0.05) is 54.5 Å². The standard InChI is InChI=1S/C30H33ClN2O4S/c1-37-20-30-10-2-3-27(34)26(30)17-29(19-30)11-14-33(24-8-12-32-13-9-24)28(18-29)38(35,36)25-7-5-21-15-23(31)6-4-22(21)16-25/h4-9,12-13,15-16,26,28H,2-3,10-11,14,17-20H2,1H3. The van der Waals surface area contributed by atoms with Crippen LogP contribution in [0.5, 0.6) is 0 Å². The Bertz CT molecular complexity index is 1480. The van der Waals surface area contributed by atoms with E-state index in [0.29, 0.717) is 41.7 Å². The van der Waals surface area contributed by atoms with Crippen molar-refractivity contribution in [2.45, 2.75) is 55.2 Å². The summed E-state index contributed by atoms with van der Waals surface area (Å²) in [5.41, 5.74) is 0.461. The quantitative estimate of drug-likeness (QED) is 0.382. The van der Waals surface area contributed by atoms with Gasteiger partial charge in [0.2, 0.25) is 0 Å². The van der Waals surface area contributed by atoms with Gasteiger partial charge in [0.15, 0.2) is 9.84 Å². The van der Waals surface area contributed by atoms with Gasteiger partial charge in [0.1, 0.15) is 11.2 Å². The van der Waals surface area contributed by atoms with E-state index in [1.165, 1.54) is 0 Å². The first kappa shape index (κ1) is 25.8. The van der Waals surface area contributed by atoms with E-state index in [9.17, 15) is 13.2 Å². The molecule has 3 fully saturated rings. The smallest absolute Gasteiger partial charge is 0.199 e. The highest BCUT2D eigenvalue weighted by molar-refractivity contribution is 7.92. The molecule has 2 aromatic carbocycles. The molecule has 3 aromatic rings. The fourth-order valence-corrected chi connectivity index (χ4v) is 9.86. The Hall–Kier alpha value is -2.48. The van der Waals surface area contributed by atoms with Gasteiger partial charge in [-0.3, -0.25) is 9.78 Å². The number of nitrogens with zero attached hydrogens (tertiary/aromatic N) is 2. The van der Waals surface area contributed by atoms with Crippen molar-refractivity contribution in [3.63, 3.8) is 0 Å². The number of carbonyl (C=O) groups is 1. The van der Waals surface area contributed by atoms with Crippen molar-refractivity contribution in [2.24, 2.45) is 16.7 Å². The number of sulfone groups is 1. The van der Waals surface area contributed by atoms with Crippen LogP contribution in [0.3, 0.4) is 0 Å². The Labute approximate surface area is 229 Å². The lowest BCUT2D eigenvalue weighted by molar-refractivity contribution is -0.131. The van der Waals surface area contributed by atoms with Crippen LogP contribution in [0.15, 0.2) is 65.8 Å². The number of ketones is 1. The minimum Gasteiger partial charge on any atom is -0.384 e. The molecule has 4 unspecified atom stereocenters. The normalized spacial score (nSPS) is 29.6. The molecule has 2 heterocycles. The zero-order chi connectivity index (χ0) is 26.5. The number of rotatable bonds is 5. The molecule has 3 aliphatic rings. The number of anilines is 1. The van der Waals surface area contributed by atoms with Crippen molar-refractivity contribution in [1.29, 1.82) is 0 Å². The summed E-state index contributed by atoms with van der Waals surface area (Å²) in [5, 5.41) is 1.63. The summed E-state index contributed by atoms with van der Waals surface area (Å²) >= 11 is 6.16. The van der Waals surface area contributed by atoms with Crippen LogP contribution in [-0.2, 0) is 19.4 Å². The van der Waals surface area contributed by atoms with Crippen LogP contribution < -0.4 is 4.90 Å². The molecular weight excluding hydrogens is 520 g/mol. The molecule has 2 saturated carbocycles. The zero-order valence-electron chi connectivity index (χ0n) is 21.6. The first-order valence-corrected chi connectivity index (χ1v) is 15.3. The minimum atomic E-state index is -3.75. The first-order valence-electron chi connectivity index (χ1n) is 13.4. The largest absolute Gasteiger partial charge is 0.384 e. The number of fused-ring (bicyclic) bond motifs is 2. The highest BCUT2D eigenvalue weighted by atomic mass is 35.5. The predicted octanol–water partition coefficient (Wildman–Crippen LogP) is 6.07. The van der Waals surface area contributed by atoms with Crippen LogP contribution in [0, 0.1) is 16.7 Å². The molecule has 0 amide bonds. The summed E-state index contributed by atoms with van der Waals surface area (Å²) in [6.07, 6.45) is 8.84. The van der Waals surface area contributed by atoms with Crippen LogP contribution in [0.25, 0.3) is 10.8 Å². The maximum Gasteiger partial charge on any atom is 0.199 e. The molecule has 1 saturated heterocycles. The Balaban J connectivity index is 1.41. The van der Waals surface area contributed by atoms with Crippen LogP contribution in [0.2, 0.25) is 5.02 Å². The number of hydrogen-bond acceptors (Lipinski definition) is 6. The average Bonchev–Trinajstić information content (AvgIpc) is 3.23. The molecule has 200 valence electrons. The molecule has 2 aliphatic carbocycles. The van der Waals surface area contributed by atoms with E-state index >= 15 is 0 Å². The van der Waals surface area contributed by atoms with Crippen LogP contribution in [-0.4, -0.2) is 44.8 Å². The molecule has 6 nitrogen and oxygen atoms in total. The number of carbonyl (C=O) groups excluding carboxylic acids is 1. The Morgan fingerprint density at radius 2 is 1.82 bits per heavy atom. The molecular formula is C30H33ClN2O4S. The number of Topliss-reactive ketones (excluding diaryl/α,β-unsaturated/α-hetero) is 1. The van der Waals surface area contributed by atoms with Crippen LogP contribution in [0.1, 0.15) is 44.9 Å². The SMILES string of the molecule is COCC12CCCC(=O)C1CC1(CCN(c3ccncc3)C(S(=O)(=O)c3ccc4cc(Cl)ccc4c3)C1)C2. The number of piperidine rings is 1. The van der Waals surface area contributed by atoms with Crippen molar-refractivity contribution in [2.75, 3.05) is 25.2 Å². The van der Waals surface area contributed by atoms with Crippen molar-refractivity contribution in [1.82, 2.24) is 4.98 Å². The highest BCUT2D eigenvalue weighted by Crippen LogP contribution is 2.63. The lowest BCUT2D eigenvalue weighted by atomic mass is 9.67. The fraction of sp³-hybridized carbons (Fsp3) is 0.467. The van der Waals surface area contributed by atoms with Crippen molar-refractivity contribution < 1.29 is 17.9 Å². The summed E-state index contributed by atoms with van der Waals surface area (Å²) in [5.74, 6) is 0.284. The molecule has 8 heteroatoms. The van der Waals surface area contributed by atoms with Gasteiger partial charge >= 0.3 is 0 Å². The molecule has 0 bridgehead atoms. The first-order chi connectivity index (χ1) is 18.3. The summed E-state index contributed by atoms with van der Waals surface area (Å²) < 4.78 is 34.5. The number of aromatic nitrogens is 1. The monoisotopic (exact) mass is 552 g/mol. The van der Waals surface area contributed by atoms with Gasteiger partial charge in [-0.25, -0.2) is 8.42 Å². The van der Waals surface area contributed by atoms with Crippen molar-refractivity contribution in [3.8, 4) is 0 Å². The number of hydrogen-bond donors (Lipinski definition) is 0. The van der Waals surface area contributed by atoms with E-state index in [4.69, 9.17) is 16.3 Å². The second kappa shape index (κ2) is 9.61. The van der Waals surface area contributed by atoms with Gasteiger partial charge in [-0.1, -0.05) is 23.7 Å². The molecule has 6 rings (SSSR count). The third kappa shape index (κ3) is 4.33. The number of ether oxygens (including phenoxy) is 1. The average molecular weight is 553 g/mol. The third-order valence-corrected chi connectivity index (χ3v) is 11.6. The Kier molecular flexibility index (Phi) is 6.52. The van der Waals surface area contributed by atoms with Crippen molar-refractivity contribution >= 4 is 43.7 Å². The topological polar surface area (TPSA) is 76.6 Å². The molecule has 1 aliphatic heterocycles. The van der Waals surface area contributed by atoms with E-state index in [2.05, 4.69) is 4.98 Å². The highest BCUT2D eigenvalue weighted by Gasteiger charge is 2.60. The summed E-state index contributed by atoms with van der Waals surface area (Å²) in [6.45, 7) is 1.17. The maximum atomic E-state index is 14.4. The second-order valence-electron chi connectivity index (χ2n) is 11.6. The minimum absolute atomic E-state index is 0.0440. The Morgan fingerprint density at radius 3 is 2.61 bits per heavy atom. The number of methoxy groups -OCH3 is 1. The number of pyridine rings is 1. The lowest BCUT2D eigenvalue weighted by Gasteiger charge is -2.46.